The number of hydrogen-bond acceptors (Lipinski definition) is 5. The van der Waals surface area contributed by atoms with E-state index in [0.29, 0.717) is 0 Å². The first-order valence-electron chi connectivity index (χ1n) is 7.23. The van der Waals surface area contributed by atoms with Gasteiger partial charge in [-0.3, -0.25) is 10.3 Å². The topological polar surface area (TPSA) is 113 Å². The van der Waals surface area contributed by atoms with Gasteiger partial charge >= 0.3 is 12.2 Å². The molecular weight excluding hydrogens is 288 g/mol. The van der Waals surface area contributed by atoms with Crippen LogP contribution in [0.4, 0.5) is 15.4 Å². The Morgan fingerprint density at radius 1 is 1.32 bits per heavy atom. The van der Waals surface area contributed by atoms with Crippen LogP contribution < -0.4 is 10.6 Å². The number of alkyl carbamates (subject to hydrolysis) is 1. The molecule has 2 rings (SSSR count). The molecular formula is C14H20N4O4. The second-order valence-electron chi connectivity index (χ2n) is 5.56. The predicted octanol–water partition coefficient (Wildman–Crippen LogP) is 2.34. The van der Waals surface area contributed by atoms with E-state index in [2.05, 4.69) is 20.6 Å². The van der Waals surface area contributed by atoms with Gasteiger partial charge < -0.3 is 15.2 Å². The summed E-state index contributed by atoms with van der Waals surface area (Å²) in [6.45, 7) is 3.61. The number of anilines is 1. The van der Waals surface area contributed by atoms with Gasteiger partial charge in [0.1, 0.15) is 0 Å². The first-order valence-corrected chi connectivity index (χ1v) is 7.23. The predicted molar refractivity (Wildman–Crippen MR) is 78.8 cm³/mol. The lowest BCUT2D eigenvalue weighted by Crippen LogP contribution is -2.34. The van der Waals surface area contributed by atoms with Crippen molar-refractivity contribution >= 4 is 18.0 Å². The normalized spacial score (nSPS) is 20.7. The summed E-state index contributed by atoms with van der Waals surface area (Å²) in [4.78, 5) is 30.3. The average molecular weight is 308 g/mol. The monoisotopic (exact) mass is 308 g/mol. The Hall–Kier alpha value is -2.38. The molecule has 1 aromatic rings. The van der Waals surface area contributed by atoms with E-state index in [9.17, 15) is 9.59 Å². The molecule has 0 aliphatic heterocycles. The number of amides is 2. The molecule has 2 amide bonds. The largest absolute Gasteiger partial charge is 0.465 e. The summed E-state index contributed by atoms with van der Waals surface area (Å²) in [5.74, 6) is 0.403. The summed E-state index contributed by atoms with van der Waals surface area (Å²) >= 11 is 0. The zero-order valence-electron chi connectivity index (χ0n) is 12.6. The number of carbonyl (C=O) groups is 2. The van der Waals surface area contributed by atoms with Crippen molar-refractivity contribution < 1.29 is 19.4 Å². The molecule has 0 radical (unpaired) electrons. The number of aromatic nitrogens is 2. The minimum Gasteiger partial charge on any atom is -0.465 e. The van der Waals surface area contributed by atoms with E-state index in [-0.39, 0.29) is 23.9 Å². The smallest absolute Gasteiger partial charge is 0.410 e. The molecule has 0 saturated heterocycles. The van der Waals surface area contributed by atoms with Gasteiger partial charge in [0.15, 0.2) is 5.82 Å². The van der Waals surface area contributed by atoms with Crippen LogP contribution in [-0.2, 0) is 4.74 Å². The summed E-state index contributed by atoms with van der Waals surface area (Å²) in [6.07, 6.45) is 3.79. The van der Waals surface area contributed by atoms with Crippen LogP contribution in [0.25, 0.3) is 0 Å². The second kappa shape index (κ2) is 7.06. The van der Waals surface area contributed by atoms with Crippen LogP contribution >= 0.6 is 0 Å². The molecule has 3 N–H and O–H groups in total. The Morgan fingerprint density at radius 2 is 2.09 bits per heavy atom. The van der Waals surface area contributed by atoms with Crippen molar-refractivity contribution in [3.63, 3.8) is 0 Å². The molecule has 8 heteroatoms. The molecule has 1 aromatic heterocycles. The molecule has 1 aliphatic carbocycles. The van der Waals surface area contributed by atoms with Crippen molar-refractivity contribution in [3.05, 3.63) is 18.1 Å². The van der Waals surface area contributed by atoms with Crippen LogP contribution in [-0.4, -0.2) is 39.4 Å². The molecule has 1 heterocycles. The van der Waals surface area contributed by atoms with Gasteiger partial charge in [0.25, 0.3) is 0 Å². The van der Waals surface area contributed by atoms with Crippen molar-refractivity contribution in [2.45, 2.75) is 51.2 Å². The van der Waals surface area contributed by atoms with Gasteiger partial charge in [-0.25, -0.2) is 14.6 Å². The maximum absolute atomic E-state index is 11.6. The van der Waals surface area contributed by atoms with E-state index >= 15 is 0 Å². The minimum absolute atomic E-state index is 0.0647. The van der Waals surface area contributed by atoms with Crippen molar-refractivity contribution in [1.82, 2.24) is 15.3 Å². The highest BCUT2D eigenvalue weighted by atomic mass is 16.6. The molecule has 1 aliphatic rings. The zero-order chi connectivity index (χ0) is 16.1. The minimum atomic E-state index is -1.17. The highest BCUT2D eigenvalue weighted by Gasteiger charge is 2.28. The summed E-state index contributed by atoms with van der Waals surface area (Å²) in [5.41, 5.74) is 0.803. The number of ether oxygens (including phenoxy) is 1. The molecule has 0 spiro atoms. The third-order valence-electron chi connectivity index (χ3n) is 3.42. The highest BCUT2D eigenvalue weighted by molar-refractivity contribution is 5.81. The van der Waals surface area contributed by atoms with Crippen LogP contribution in [0.3, 0.4) is 0 Å². The zero-order valence-corrected chi connectivity index (χ0v) is 12.6. The van der Waals surface area contributed by atoms with Crippen LogP contribution in [0.15, 0.2) is 12.4 Å². The molecule has 0 bridgehead atoms. The Bertz CT molecular complexity index is 532. The van der Waals surface area contributed by atoms with Gasteiger partial charge in [-0.2, -0.15) is 0 Å². The number of nitrogens with one attached hydrogen (secondary N) is 2. The fraction of sp³-hybridized carbons (Fsp3) is 0.571. The van der Waals surface area contributed by atoms with Gasteiger partial charge in [-0.1, -0.05) is 0 Å². The van der Waals surface area contributed by atoms with E-state index in [1.807, 2.05) is 0 Å². The molecule has 2 unspecified atom stereocenters. The van der Waals surface area contributed by atoms with Crippen molar-refractivity contribution in [1.29, 1.82) is 0 Å². The third kappa shape index (κ3) is 4.57. The van der Waals surface area contributed by atoms with Gasteiger partial charge in [0.05, 0.1) is 24.2 Å². The van der Waals surface area contributed by atoms with Crippen molar-refractivity contribution in [2.24, 2.45) is 0 Å². The number of carboxylic acid groups (broad SMARTS) is 1. The maximum Gasteiger partial charge on any atom is 0.410 e. The van der Waals surface area contributed by atoms with Crippen LogP contribution in [0.5, 0.6) is 0 Å². The Kier molecular flexibility index (Phi) is 5.13. The quantitative estimate of drug-likeness (QED) is 0.786. The lowest BCUT2D eigenvalue weighted by atomic mass is 10.0. The standard InChI is InChI=1S/C14H20N4O4/c1-8(2)22-14(21)17-10-4-3-9(5-10)11-6-16-12(7-15-11)18-13(19)20/h6-10H,3-5H2,1-2H3,(H,16,18)(H,17,21)(H,19,20). The molecule has 120 valence electrons. The van der Waals surface area contributed by atoms with Crippen molar-refractivity contribution in [3.8, 4) is 0 Å². The van der Waals surface area contributed by atoms with Gasteiger partial charge in [-0.05, 0) is 33.1 Å². The van der Waals surface area contributed by atoms with Crippen LogP contribution in [0, 0.1) is 0 Å². The summed E-state index contributed by atoms with van der Waals surface area (Å²) in [5, 5.41) is 13.6. The first kappa shape index (κ1) is 16.0. The third-order valence-corrected chi connectivity index (χ3v) is 3.42. The van der Waals surface area contributed by atoms with E-state index in [4.69, 9.17) is 9.84 Å². The summed E-state index contributed by atoms with van der Waals surface area (Å²) < 4.78 is 5.06. The Labute approximate surface area is 128 Å². The highest BCUT2D eigenvalue weighted by Crippen LogP contribution is 2.33. The fourth-order valence-corrected chi connectivity index (χ4v) is 2.52. The molecule has 8 nitrogen and oxygen atoms in total. The summed E-state index contributed by atoms with van der Waals surface area (Å²) in [7, 11) is 0. The number of nitrogens with zero attached hydrogens (tertiary/aromatic N) is 2. The van der Waals surface area contributed by atoms with E-state index in [1.54, 1.807) is 20.0 Å². The molecule has 2 atom stereocenters. The molecule has 0 aromatic carbocycles. The van der Waals surface area contributed by atoms with Gasteiger partial charge in [0.2, 0.25) is 0 Å². The average Bonchev–Trinajstić information content (AvgIpc) is 2.86. The van der Waals surface area contributed by atoms with Crippen molar-refractivity contribution in [2.75, 3.05) is 5.32 Å². The SMILES string of the molecule is CC(C)OC(=O)NC1CCC(c2cnc(NC(=O)O)cn2)C1. The number of carbonyl (C=O) groups excluding carboxylic acids is 1. The van der Waals surface area contributed by atoms with E-state index < -0.39 is 12.2 Å². The first-order chi connectivity index (χ1) is 10.4. The lowest BCUT2D eigenvalue weighted by molar-refractivity contribution is 0.112. The molecule has 22 heavy (non-hydrogen) atoms. The second-order valence-corrected chi connectivity index (χ2v) is 5.56. The Morgan fingerprint density at radius 3 is 2.68 bits per heavy atom. The van der Waals surface area contributed by atoms with E-state index in [1.165, 1.54) is 6.20 Å². The van der Waals surface area contributed by atoms with E-state index in [0.717, 1.165) is 25.0 Å². The van der Waals surface area contributed by atoms with Crippen LogP contribution in [0.2, 0.25) is 0 Å². The number of hydrogen-bond donors (Lipinski definition) is 3. The molecule has 1 fully saturated rings. The lowest BCUT2D eigenvalue weighted by Gasteiger charge is -2.15. The maximum atomic E-state index is 11.6. The van der Waals surface area contributed by atoms with Gasteiger partial charge in [0, 0.05) is 12.0 Å². The Balaban J connectivity index is 1.87. The molecule has 1 saturated carbocycles. The number of rotatable bonds is 4. The fourth-order valence-electron chi connectivity index (χ4n) is 2.52. The summed E-state index contributed by atoms with van der Waals surface area (Å²) in [6, 6.07) is 0.0647. The van der Waals surface area contributed by atoms with Gasteiger partial charge in [-0.15, -0.1) is 0 Å². The van der Waals surface area contributed by atoms with Crippen LogP contribution in [0.1, 0.15) is 44.7 Å².